The fourth-order valence-corrected chi connectivity index (χ4v) is 2.45. The van der Waals surface area contributed by atoms with Crippen LogP contribution in [0.4, 0.5) is 0 Å². The fourth-order valence-electron chi connectivity index (χ4n) is 1.09. The van der Waals surface area contributed by atoms with Crippen molar-refractivity contribution in [1.29, 1.82) is 0 Å². The number of hydrogen-bond acceptors (Lipinski definition) is 1. The molecule has 1 rings (SSSR count). The van der Waals surface area contributed by atoms with Gasteiger partial charge in [-0.1, -0.05) is 58.7 Å². The summed E-state index contributed by atoms with van der Waals surface area (Å²) in [6, 6.07) is 5.65. The molecule has 0 heterocycles. The first-order chi connectivity index (χ1) is 6.34. The van der Waals surface area contributed by atoms with Crippen molar-refractivity contribution in [2.24, 2.45) is 5.41 Å². The molecular weight excluding hydrogens is 308 g/mol. The Bertz CT molecular complexity index is 344. The van der Waals surface area contributed by atoms with Crippen molar-refractivity contribution in [1.82, 2.24) is 0 Å². The largest absolute Gasteiger partial charge is 0.294 e. The first kappa shape index (κ1) is 11.9. The maximum absolute atomic E-state index is 12.0. The maximum atomic E-state index is 12.0. The first-order valence-electron chi connectivity index (χ1n) is 4.33. The molecule has 0 saturated carbocycles. The molecule has 1 nitrogen and oxygen atoms in total. The lowest BCUT2D eigenvalue weighted by Crippen LogP contribution is -2.21. The molecule has 0 aliphatic rings. The number of benzene rings is 1. The molecule has 14 heavy (non-hydrogen) atoms. The molecule has 0 saturated heterocycles. The summed E-state index contributed by atoms with van der Waals surface area (Å²) in [4.78, 5) is 12.0. The van der Waals surface area contributed by atoms with Crippen LogP contribution in [0.1, 0.15) is 31.1 Å². The standard InChI is InChI=1S/C11H12Br2O/c1-11(2,3)10(14)9-7(12)5-4-6-8(9)13/h4-6H,1-3H3. The summed E-state index contributed by atoms with van der Waals surface area (Å²) in [5, 5.41) is 0. The average Bonchev–Trinajstić information content (AvgIpc) is 2.01. The average molecular weight is 320 g/mol. The molecule has 0 N–H and O–H groups in total. The van der Waals surface area contributed by atoms with E-state index in [1.165, 1.54) is 0 Å². The number of Topliss-reactive ketones (excluding diaryl/α,β-unsaturated/α-hetero) is 1. The van der Waals surface area contributed by atoms with E-state index >= 15 is 0 Å². The van der Waals surface area contributed by atoms with E-state index in [0.29, 0.717) is 0 Å². The quantitative estimate of drug-likeness (QED) is 0.699. The number of halogens is 2. The molecule has 0 radical (unpaired) electrons. The second-order valence-electron chi connectivity index (χ2n) is 4.18. The number of carbonyl (C=O) groups is 1. The number of ketones is 1. The Hall–Kier alpha value is -0.150. The second kappa shape index (κ2) is 4.15. The minimum absolute atomic E-state index is 0.136. The first-order valence-corrected chi connectivity index (χ1v) is 5.91. The third-order valence-corrected chi connectivity index (χ3v) is 3.19. The van der Waals surface area contributed by atoms with Gasteiger partial charge < -0.3 is 0 Å². The Kier molecular flexibility index (Phi) is 3.53. The van der Waals surface area contributed by atoms with Crippen LogP contribution in [0.15, 0.2) is 27.1 Å². The zero-order valence-electron chi connectivity index (χ0n) is 8.40. The van der Waals surface area contributed by atoms with Crippen LogP contribution in [0.25, 0.3) is 0 Å². The number of carbonyl (C=O) groups excluding carboxylic acids is 1. The molecular formula is C11H12Br2O. The van der Waals surface area contributed by atoms with E-state index in [2.05, 4.69) is 31.9 Å². The molecule has 0 atom stereocenters. The van der Waals surface area contributed by atoms with E-state index in [1.54, 1.807) is 0 Å². The van der Waals surface area contributed by atoms with Gasteiger partial charge in [-0.25, -0.2) is 0 Å². The van der Waals surface area contributed by atoms with Crippen molar-refractivity contribution < 1.29 is 4.79 Å². The summed E-state index contributed by atoms with van der Waals surface area (Å²) in [6.45, 7) is 5.75. The molecule has 1 aromatic rings. The van der Waals surface area contributed by atoms with Crippen molar-refractivity contribution in [3.05, 3.63) is 32.7 Å². The zero-order valence-corrected chi connectivity index (χ0v) is 11.6. The van der Waals surface area contributed by atoms with Gasteiger partial charge in [-0.3, -0.25) is 4.79 Å². The van der Waals surface area contributed by atoms with Gasteiger partial charge >= 0.3 is 0 Å². The van der Waals surface area contributed by atoms with Gasteiger partial charge in [-0.05, 0) is 12.1 Å². The van der Waals surface area contributed by atoms with Gasteiger partial charge in [0.25, 0.3) is 0 Å². The van der Waals surface area contributed by atoms with Crippen LogP contribution in [0.3, 0.4) is 0 Å². The smallest absolute Gasteiger partial charge is 0.170 e. The van der Waals surface area contributed by atoms with Gasteiger partial charge in [0.1, 0.15) is 0 Å². The Balaban J connectivity index is 3.26. The summed E-state index contributed by atoms with van der Waals surface area (Å²) in [6.07, 6.45) is 0. The van der Waals surface area contributed by atoms with Crippen LogP contribution in [0, 0.1) is 5.41 Å². The van der Waals surface area contributed by atoms with Gasteiger partial charge in [-0.15, -0.1) is 0 Å². The van der Waals surface area contributed by atoms with Crippen LogP contribution >= 0.6 is 31.9 Å². The van der Waals surface area contributed by atoms with E-state index in [0.717, 1.165) is 14.5 Å². The third-order valence-electron chi connectivity index (χ3n) is 1.87. The summed E-state index contributed by atoms with van der Waals surface area (Å²) in [7, 11) is 0. The number of hydrogen-bond donors (Lipinski definition) is 0. The van der Waals surface area contributed by atoms with Gasteiger partial charge in [0, 0.05) is 19.9 Å². The third kappa shape index (κ3) is 2.45. The highest BCUT2D eigenvalue weighted by Crippen LogP contribution is 2.31. The van der Waals surface area contributed by atoms with Crippen LogP contribution in [-0.4, -0.2) is 5.78 Å². The molecule has 0 unspecified atom stereocenters. The van der Waals surface area contributed by atoms with Crippen LogP contribution < -0.4 is 0 Å². The van der Waals surface area contributed by atoms with Gasteiger partial charge in [0.05, 0.1) is 0 Å². The highest BCUT2D eigenvalue weighted by Gasteiger charge is 2.26. The normalized spacial score (nSPS) is 11.5. The predicted octanol–water partition coefficient (Wildman–Crippen LogP) is 4.44. The summed E-state index contributed by atoms with van der Waals surface area (Å²) >= 11 is 6.78. The van der Waals surface area contributed by atoms with Gasteiger partial charge in [0.15, 0.2) is 5.78 Å². The maximum Gasteiger partial charge on any atom is 0.170 e. The van der Waals surface area contributed by atoms with Crippen molar-refractivity contribution in [2.45, 2.75) is 20.8 Å². The molecule has 1 aromatic carbocycles. The Morgan fingerprint density at radius 1 is 1.14 bits per heavy atom. The molecule has 0 aromatic heterocycles. The highest BCUT2D eigenvalue weighted by atomic mass is 79.9. The van der Waals surface area contributed by atoms with Crippen LogP contribution in [0.2, 0.25) is 0 Å². The minimum atomic E-state index is -0.355. The van der Waals surface area contributed by atoms with Crippen LogP contribution in [0.5, 0.6) is 0 Å². The van der Waals surface area contributed by atoms with E-state index in [1.807, 2.05) is 39.0 Å². The molecule has 3 heteroatoms. The molecule has 0 bridgehead atoms. The molecule has 0 amide bonds. The summed E-state index contributed by atoms with van der Waals surface area (Å²) < 4.78 is 1.68. The lowest BCUT2D eigenvalue weighted by molar-refractivity contribution is 0.0856. The number of rotatable bonds is 1. The van der Waals surface area contributed by atoms with Gasteiger partial charge in [-0.2, -0.15) is 0 Å². The molecule has 76 valence electrons. The highest BCUT2D eigenvalue weighted by molar-refractivity contribution is 9.11. The van der Waals surface area contributed by atoms with Crippen LogP contribution in [-0.2, 0) is 0 Å². The van der Waals surface area contributed by atoms with Crippen molar-refractivity contribution in [3.8, 4) is 0 Å². The zero-order chi connectivity index (χ0) is 10.9. The van der Waals surface area contributed by atoms with Crippen molar-refractivity contribution in [2.75, 3.05) is 0 Å². The van der Waals surface area contributed by atoms with E-state index in [9.17, 15) is 4.79 Å². The molecule has 0 spiro atoms. The van der Waals surface area contributed by atoms with Crippen molar-refractivity contribution >= 4 is 37.6 Å². The Morgan fingerprint density at radius 2 is 1.57 bits per heavy atom. The molecule has 0 aliphatic carbocycles. The monoisotopic (exact) mass is 318 g/mol. The summed E-state index contributed by atoms with van der Waals surface area (Å²) in [5.74, 6) is 0.136. The lowest BCUT2D eigenvalue weighted by Gasteiger charge is -2.18. The van der Waals surface area contributed by atoms with E-state index < -0.39 is 0 Å². The summed E-state index contributed by atoms with van der Waals surface area (Å²) in [5.41, 5.74) is 0.367. The second-order valence-corrected chi connectivity index (χ2v) is 5.88. The SMILES string of the molecule is CC(C)(C)C(=O)c1c(Br)cccc1Br. The van der Waals surface area contributed by atoms with E-state index in [-0.39, 0.29) is 11.2 Å². The van der Waals surface area contributed by atoms with E-state index in [4.69, 9.17) is 0 Å². The topological polar surface area (TPSA) is 17.1 Å². The Morgan fingerprint density at radius 3 is 1.93 bits per heavy atom. The minimum Gasteiger partial charge on any atom is -0.294 e. The van der Waals surface area contributed by atoms with Gasteiger partial charge in [0.2, 0.25) is 0 Å². The molecule has 0 fully saturated rings. The molecule has 0 aliphatic heterocycles. The fraction of sp³-hybridized carbons (Fsp3) is 0.364. The lowest BCUT2D eigenvalue weighted by atomic mass is 9.86. The Labute approximate surface area is 101 Å². The van der Waals surface area contributed by atoms with Crippen molar-refractivity contribution in [3.63, 3.8) is 0 Å². The predicted molar refractivity (Wildman–Crippen MR) is 65.6 cm³/mol.